The Morgan fingerprint density at radius 3 is 2.79 bits per heavy atom. The zero-order valence-electron chi connectivity index (χ0n) is 10.9. The highest BCUT2D eigenvalue weighted by molar-refractivity contribution is 6.30. The van der Waals surface area contributed by atoms with Gasteiger partial charge in [-0.25, -0.2) is 4.98 Å². The van der Waals surface area contributed by atoms with Crippen molar-refractivity contribution in [2.45, 2.75) is 6.42 Å². The van der Waals surface area contributed by atoms with Gasteiger partial charge in [-0.15, -0.1) is 0 Å². The van der Waals surface area contributed by atoms with Crippen LogP contribution in [-0.2, 0) is 14.3 Å². The van der Waals surface area contributed by atoms with Crippen LogP contribution >= 0.6 is 11.6 Å². The molecule has 0 unspecified atom stereocenters. The highest BCUT2D eigenvalue weighted by Crippen LogP contribution is 2.12. The van der Waals surface area contributed by atoms with Crippen LogP contribution in [0.15, 0.2) is 18.3 Å². The second kappa shape index (κ2) is 7.58. The first kappa shape index (κ1) is 15.2. The van der Waals surface area contributed by atoms with E-state index in [9.17, 15) is 9.59 Å². The Morgan fingerprint density at radius 1 is 1.47 bits per heavy atom. The number of hydrogen-bond donors (Lipinski definition) is 1. The molecule has 0 fully saturated rings. The van der Waals surface area contributed by atoms with E-state index in [1.807, 2.05) is 0 Å². The van der Waals surface area contributed by atoms with Gasteiger partial charge in [-0.3, -0.25) is 9.59 Å². The molecule has 0 radical (unpaired) electrons. The number of likely N-dealkylation sites (N-methyl/N-ethyl adjacent to an activating group) is 1. The van der Waals surface area contributed by atoms with Crippen LogP contribution in [0.5, 0.6) is 0 Å². The molecule has 0 aromatic carbocycles. The fourth-order valence-electron chi connectivity index (χ4n) is 1.35. The number of rotatable bonds is 6. The van der Waals surface area contributed by atoms with Crippen LogP contribution in [0.2, 0.25) is 5.02 Å². The molecule has 1 rings (SSSR count). The number of nitrogens with one attached hydrogen (secondary N) is 1. The number of carbonyl (C=O) groups is 2. The van der Waals surface area contributed by atoms with E-state index in [-0.39, 0.29) is 31.4 Å². The van der Waals surface area contributed by atoms with Crippen molar-refractivity contribution in [2.24, 2.45) is 0 Å². The first-order valence-electron chi connectivity index (χ1n) is 5.69. The molecule has 6 nitrogen and oxygen atoms in total. The summed E-state index contributed by atoms with van der Waals surface area (Å²) in [5.74, 6) is 0.101. The Labute approximate surface area is 116 Å². The van der Waals surface area contributed by atoms with Gasteiger partial charge in [0.25, 0.3) is 0 Å². The number of halogens is 1. The SMILES string of the molecule is COC(=O)CCNC(=O)CN(C)c1ccc(Cl)cn1. The van der Waals surface area contributed by atoms with Gasteiger partial charge in [-0.1, -0.05) is 11.6 Å². The molecule has 0 aliphatic carbocycles. The van der Waals surface area contributed by atoms with Gasteiger partial charge in [0.2, 0.25) is 5.91 Å². The van der Waals surface area contributed by atoms with Gasteiger partial charge in [0, 0.05) is 19.8 Å². The van der Waals surface area contributed by atoms with Gasteiger partial charge < -0.3 is 15.0 Å². The fraction of sp³-hybridized carbons (Fsp3) is 0.417. The molecule has 0 spiro atoms. The summed E-state index contributed by atoms with van der Waals surface area (Å²) in [6, 6.07) is 3.43. The minimum Gasteiger partial charge on any atom is -0.469 e. The Kier molecular flexibility index (Phi) is 6.08. The summed E-state index contributed by atoms with van der Waals surface area (Å²) in [5, 5.41) is 3.17. The lowest BCUT2D eigenvalue weighted by Crippen LogP contribution is -2.36. The first-order chi connectivity index (χ1) is 9.02. The molecule has 0 aliphatic rings. The van der Waals surface area contributed by atoms with E-state index >= 15 is 0 Å². The molecule has 1 heterocycles. The Balaban J connectivity index is 2.35. The lowest BCUT2D eigenvalue weighted by molar-refractivity contribution is -0.140. The van der Waals surface area contributed by atoms with E-state index in [0.29, 0.717) is 10.8 Å². The Hall–Kier alpha value is -1.82. The molecule has 1 N–H and O–H groups in total. The minimum atomic E-state index is -0.354. The summed E-state index contributed by atoms with van der Waals surface area (Å²) in [4.78, 5) is 28.2. The van der Waals surface area contributed by atoms with Crippen molar-refractivity contribution in [3.8, 4) is 0 Å². The number of pyridine rings is 1. The maximum atomic E-state index is 11.6. The minimum absolute atomic E-state index is 0.149. The molecule has 1 aromatic rings. The molecule has 0 atom stereocenters. The van der Waals surface area contributed by atoms with E-state index in [1.54, 1.807) is 24.1 Å². The predicted octanol–water partition coefficient (Wildman–Crippen LogP) is 0.851. The number of carbonyl (C=O) groups excluding carboxylic acids is 2. The summed E-state index contributed by atoms with van der Waals surface area (Å²) in [5.41, 5.74) is 0. The van der Waals surface area contributed by atoms with Crippen LogP contribution in [0, 0.1) is 0 Å². The van der Waals surface area contributed by atoms with Crippen LogP contribution in [0.1, 0.15) is 6.42 Å². The molecule has 19 heavy (non-hydrogen) atoms. The average Bonchev–Trinajstić information content (AvgIpc) is 2.39. The Morgan fingerprint density at radius 2 is 2.21 bits per heavy atom. The van der Waals surface area contributed by atoms with E-state index in [2.05, 4.69) is 15.0 Å². The number of nitrogens with zero attached hydrogens (tertiary/aromatic N) is 2. The third-order valence-corrected chi connectivity index (χ3v) is 2.59. The molecule has 0 saturated carbocycles. The van der Waals surface area contributed by atoms with Crippen LogP contribution in [0.3, 0.4) is 0 Å². The molecule has 0 bridgehead atoms. The maximum absolute atomic E-state index is 11.6. The number of esters is 1. The number of ether oxygens (including phenoxy) is 1. The van der Waals surface area contributed by atoms with Gasteiger partial charge in [-0.05, 0) is 12.1 Å². The summed E-state index contributed by atoms with van der Waals surface area (Å²) < 4.78 is 4.47. The quantitative estimate of drug-likeness (QED) is 0.785. The largest absolute Gasteiger partial charge is 0.469 e. The lowest BCUT2D eigenvalue weighted by Gasteiger charge is -2.17. The fourth-order valence-corrected chi connectivity index (χ4v) is 1.46. The van der Waals surface area contributed by atoms with Crippen LogP contribution < -0.4 is 10.2 Å². The van der Waals surface area contributed by atoms with Crippen LogP contribution in [0.25, 0.3) is 0 Å². The second-order valence-corrected chi connectivity index (χ2v) is 4.30. The molecule has 1 amide bonds. The van der Waals surface area contributed by atoms with E-state index in [1.165, 1.54) is 13.3 Å². The molecular weight excluding hydrogens is 270 g/mol. The van der Waals surface area contributed by atoms with Gasteiger partial charge >= 0.3 is 5.97 Å². The van der Waals surface area contributed by atoms with Gasteiger partial charge in [0.15, 0.2) is 0 Å². The summed E-state index contributed by atoms with van der Waals surface area (Å²) in [7, 11) is 3.06. The molecule has 0 aliphatic heterocycles. The molecule has 104 valence electrons. The molecular formula is C12H16ClN3O3. The number of methoxy groups -OCH3 is 1. The number of anilines is 1. The molecule has 0 saturated heterocycles. The zero-order valence-corrected chi connectivity index (χ0v) is 11.6. The van der Waals surface area contributed by atoms with Crippen molar-refractivity contribution < 1.29 is 14.3 Å². The van der Waals surface area contributed by atoms with E-state index in [0.717, 1.165) is 0 Å². The van der Waals surface area contributed by atoms with Crippen LogP contribution in [-0.4, -0.2) is 44.1 Å². The standard InChI is InChI=1S/C12H16ClN3O3/c1-16(10-4-3-9(13)7-15-10)8-11(17)14-6-5-12(18)19-2/h3-4,7H,5-6,8H2,1-2H3,(H,14,17). The van der Waals surface area contributed by atoms with Crippen molar-refractivity contribution in [3.63, 3.8) is 0 Å². The normalized spacial score (nSPS) is 9.84. The van der Waals surface area contributed by atoms with Crippen molar-refractivity contribution >= 4 is 29.3 Å². The Bertz CT molecular complexity index is 436. The highest BCUT2D eigenvalue weighted by Gasteiger charge is 2.09. The summed E-state index contributed by atoms with van der Waals surface area (Å²) in [6.45, 7) is 0.406. The van der Waals surface area contributed by atoms with Crippen molar-refractivity contribution in [1.29, 1.82) is 0 Å². The first-order valence-corrected chi connectivity index (χ1v) is 6.07. The van der Waals surface area contributed by atoms with Crippen LogP contribution in [0.4, 0.5) is 5.82 Å². The number of aromatic nitrogens is 1. The van der Waals surface area contributed by atoms with Gasteiger partial charge in [0.1, 0.15) is 5.82 Å². The van der Waals surface area contributed by atoms with Crippen molar-refractivity contribution in [2.75, 3.05) is 32.1 Å². The monoisotopic (exact) mass is 285 g/mol. The third kappa shape index (κ3) is 5.56. The number of amides is 1. The van der Waals surface area contributed by atoms with Crippen molar-refractivity contribution in [3.05, 3.63) is 23.4 Å². The molecule has 1 aromatic heterocycles. The maximum Gasteiger partial charge on any atom is 0.307 e. The third-order valence-electron chi connectivity index (χ3n) is 2.36. The lowest BCUT2D eigenvalue weighted by atomic mass is 10.4. The highest BCUT2D eigenvalue weighted by atomic mass is 35.5. The van der Waals surface area contributed by atoms with Gasteiger partial charge in [0.05, 0.1) is 25.1 Å². The number of hydrogen-bond acceptors (Lipinski definition) is 5. The smallest absolute Gasteiger partial charge is 0.307 e. The van der Waals surface area contributed by atoms with E-state index in [4.69, 9.17) is 11.6 Å². The van der Waals surface area contributed by atoms with E-state index < -0.39 is 0 Å². The predicted molar refractivity (Wildman–Crippen MR) is 72.2 cm³/mol. The summed E-state index contributed by atoms with van der Waals surface area (Å²) >= 11 is 5.73. The van der Waals surface area contributed by atoms with Gasteiger partial charge in [-0.2, -0.15) is 0 Å². The topological polar surface area (TPSA) is 71.5 Å². The average molecular weight is 286 g/mol. The molecule has 7 heteroatoms. The zero-order chi connectivity index (χ0) is 14.3. The second-order valence-electron chi connectivity index (χ2n) is 3.87. The summed E-state index contributed by atoms with van der Waals surface area (Å²) in [6.07, 6.45) is 1.67. The van der Waals surface area contributed by atoms with Crippen molar-refractivity contribution in [1.82, 2.24) is 10.3 Å².